The molecule has 0 radical (unpaired) electrons. The van der Waals surface area contributed by atoms with Crippen LogP contribution in [0.5, 0.6) is 0 Å². The summed E-state index contributed by atoms with van der Waals surface area (Å²) in [6.07, 6.45) is 6.14. The SMILES string of the molecule is Cc1cccc(N)c1C(=O)O.Cc1cccc2nc(CCl)oc(=O)c12.Cc1cccc2nc(CSc3ncnc4nc[nH]c34)oc(=O)c12.O=C(Cl)CCl.S=c1nc[nH]c2nc[nH]c12. The molecule has 6 heterocycles. The van der Waals surface area contributed by atoms with Gasteiger partial charge in [-0.25, -0.2) is 49.3 Å². The predicted octanol–water partition coefficient (Wildman–Crippen LogP) is 7.97. The summed E-state index contributed by atoms with van der Waals surface area (Å²) in [4.78, 5) is 81.2. The van der Waals surface area contributed by atoms with Crippen molar-refractivity contribution in [2.24, 2.45) is 0 Å². The zero-order chi connectivity index (χ0) is 45.6. The second kappa shape index (κ2) is 22.5. The van der Waals surface area contributed by atoms with E-state index in [1.54, 1.807) is 43.8 Å². The third kappa shape index (κ3) is 12.5. The Kier molecular flexibility index (Phi) is 16.9. The summed E-state index contributed by atoms with van der Waals surface area (Å²) in [6, 6.07) is 16.1. The van der Waals surface area contributed by atoms with Crippen LogP contribution in [0.3, 0.4) is 0 Å². The van der Waals surface area contributed by atoms with Gasteiger partial charge in [-0.05, 0) is 67.3 Å². The van der Waals surface area contributed by atoms with Crippen molar-refractivity contribution in [3.63, 3.8) is 0 Å². The number of halogens is 3. The molecular weight excluding hydrogens is 917 g/mol. The number of carbonyl (C=O) groups is 2. The van der Waals surface area contributed by atoms with E-state index in [2.05, 4.69) is 49.8 Å². The van der Waals surface area contributed by atoms with Crippen LogP contribution >= 0.6 is 58.8 Å². The van der Waals surface area contributed by atoms with Crippen molar-refractivity contribution in [1.29, 1.82) is 0 Å². The Morgan fingerprint density at radius 2 is 1.32 bits per heavy atom. The number of hydrogen-bond acceptors (Lipinski definition) is 16. The molecular formula is C40H34Cl3N11O7S2. The summed E-state index contributed by atoms with van der Waals surface area (Å²) in [7, 11) is 0. The molecule has 9 rings (SSSR count). The summed E-state index contributed by atoms with van der Waals surface area (Å²) < 4.78 is 10.8. The number of aromatic nitrogens is 10. The van der Waals surface area contributed by atoms with Crippen LogP contribution in [0.25, 0.3) is 44.1 Å². The summed E-state index contributed by atoms with van der Waals surface area (Å²) in [5.74, 6) is 0.0602. The van der Waals surface area contributed by atoms with Crippen LogP contribution < -0.4 is 17.0 Å². The van der Waals surface area contributed by atoms with E-state index in [0.717, 1.165) is 32.8 Å². The quantitative estimate of drug-likeness (QED) is 0.0264. The largest absolute Gasteiger partial charge is 0.478 e. The van der Waals surface area contributed by atoms with Gasteiger partial charge < -0.3 is 34.6 Å². The highest BCUT2D eigenvalue weighted by Gasteiger charge is 2.12. The number of nitrogens with zero attached hydrogens (tertiary/aromatic N) is 7. The first kappa shape index (κ1) is 47.5. The number of thioether (sulfide) groups is 1. The summed E-state index contributed by atoms with van der Waals surface area (Å²) in [5, 5.41) is 9.95. The average Bonchev–Trinajstić information content (AvgIpc) is 3.95. The van der Waals surface area contributed by atoms with Crippen molar-refractivity contribution in [3.8, 4) is 0 Å². The maximum Gasteiger partial charge on any atom is 0.347 e. The third-order valence-corrected chi connectivity index (χ3v) is 10.3. The van der Waals surface area contributed by atoms with E-state index in [4.69, 9.17) is 66.7 Å². The number of nitrogen functional groups attached to an aromatic ring is 1. The molecule has 0 aliphatic carbocycles. The first-order chi connectivity index (χ1) is 30.2. The number of aromatic amines is 3. The molecule has 0 aliphatic rings. The molecule has 9 aromatic rings. The predicted molar refractivity (Wildman–Crippen MR) is 244 cm³/mol. The zero-order valence-electron chi connectivity index (χ0n) is 33.2. The number of H-pyrrole nitrogens is 3. The Balaban J connectivity index is 0.000000161. The lowest BCUT2D eigenvalue weighted by atomic mass is 10.1. The minimum Gasteiger partial charge on any atom is -0.478 e. The van der Waals surface area contributed by atoms with E-state index >= 15 is 0 Å². The Hall–Kier alpha value is -6.58. The molecule has 0 saturated heterocycles. The van der Waals surface area contributed by atoms with Crippen LogP contribution in [-0.4, -0.2) is 72.0 Å². The number of aromatic carboxylic acids is 1. The fourth-order valence-corrected chi connectivity index (χ4v) is 6.64. The number of aryl methyl sites for hydroxylation is 3. The van der Waals surface area contributed by atoms with E-state index in [1.165, 1.54) is 24.4 Å². The van der Waals surface area contributed by atoms with E-state index in [0.29, 0.717) is 55.0 Å². The Morgan fingerprint density at radius 1 is 0.762 bits per heavy atom. The van der Waals surface area contributed by atoms with Crippen molar-refractivity contribution >= 4 is 120 Å². The lowest BCUT2D eigenvalue weighted by Crippen LogP contribution is -2.06. The van der Waals surface area contributed by atoms with Crippen LogP contribution in [0.1, 0.15) is 38.8 Å². The lowest BCUT2D eigenvalue weighted by molar-refractivity contribution is -0.109. The number of imidazole rings is 2. The minimum atomic E-state index is -0.972. The van der Waals surface area contributed by atoms with E-state index in [-0.39, 0.29) is 34.5 Å². The van der Waals surface area contributed by atoms with Crippen molar-refractivity contribution in [3.05, 3.63) is 139 Å². The Morgan fingerprint density at radius 3 is 1.89 bits per heavy atom. The topological polar surface area (TPSA) is 278 Å². The van der Waals surface area contributed by atoms with Crippen LogP contribution in [0.15, 0.2) is 103 Å². The molecule has 6 N–H and O–H groups in total. The molecule has 0 fully saturated rings. The second-order valence-electron chi connectivity index (χ2n) is 12.6. The highest BCUT2D eigenvalue weighted by atomic mass is 35.5. The van der Waals surface area contributed by atoms with Gasteiger partial charge in [-0.15, -0.1) is 23.2 Å². The van der Waals surface area contributed by atoms with E-state index in [1.807, 2.05) is 44.2 Å². The van der Waals surface area contributed by atoms with Gasteiger partial charge in [0.15, 0.2) is 15.9 Å². The molecule has 63 heavy (non-hydrogen) atoms. The lowest BCUT2D eigenvalue weighted by Gasteiger charge is -2.03. The summed E-state index contributed by atoms with van der Waals surface area (Å²) >= 11 is 21.4. The highest BCUT2D eigenvalue weighted by Crippen LogP contribution is 2.25. The maximum atomic E-state index is 12.1. The van der Waals surface area contributed by atoms with Gasteiger partial charge in [0.05, 0.1) is 63.9 Å². The number of benzene rings is 3. The van der Waals surface area contributed by atoms with Gasteiger partial charge >= 0.3 is 17.2 Å². The third-order valence-electron chi connectivity index (χ3n) is 8.32. The molecule has 18 nitrogen and oxygen atoms in total. The summed E-state index contributed by atoms with van der Waals surface area (Å²) in [6.45, 7) is 5.44. The number of anilines is 1. The van der Waals surface area contributed by atoms with Gasteiger partial charge in [-0.1, -0.05) is 60.4 Å². The maximum absolute atomic E-state index is 12.1. The van der Waals surface area contributed by atoms with E-state index < -0.39 is 11.2 Å². The second-order valence-corrected chi connectivity index (χ2v) is 14.9. The molecule has 0 bridgehead atoms. The molecule has 23 heteroatoms. The van der Waals surface area contributed by atoms with Crippen molar-refractivity contribution in [1.82, 2.24) is 49.8 Å². The number of fused-ring (bicyclic) bond motifs is 4. The molecule has 0 atom stereocenters. The number of rotatable bonds is 6. The van der Waals surface area contributed by atoms with Gasteiger partial charge in [0.1, 0.15) is 22.4 Å². The number of hydrogen-bond donors (Lipinski definition) is 5. The number of carboxylic acid groups (broad SMARTS) is 1. The molecule has 0 spiro atoms. The van der Waals surface area contributed by atoms with Gasteiger partial charge in [0.2, 0.25) is 17.0 Å². The van der Waals surface area contributed by atoms with Crippen LogP contribution in [0.4, 0.5) is 5.69 Å². The van der Waals surface area contributed by atoms with Gasteiger partial charge in [0.25, 0.3) is 0 Å². The molecule has 0 unspecified atom stereocenters. The van der Waals surface area contributed by atoms with Gasteiger partial charge in [0, 0.05) is 5.69 Å². The number of nitrogens with two attached hydrogens (primary N) is 1. The number of nitrogens with one attached hydrogen (secondary N) is 3. The normalized spacial score (nSPS) is 10.4. The molecule has 0 amide bonds. The molecule has 6 aromatic heterocycles. The number of alkyl halides is 2. The molecule has 0 aliphatic heterocycles. The molecule has 3 aromatic carbocycles. The van der Waals surface area contributed by atoms with Gasteiger partial charge in [-0.2, -0.15) is 0 Å². The smallest absolute Gasteiger partial charge is 0.347 e. The standard InChI is InChI=1S/C15H11N5O2S.C10H8ClNO2.C8H9NO2.C5H4N4S.C2H2Cl2O/c1-8-3-2-4-9-11(8)15(21)22-10(20-9)5-23-14-12-13(17-6-16-12)18-7-19-14;1-6-3-2-4-7-9(6)10(13)14-8(5-11)12-7;1-5-3-2-4-6(9)7(5)8(10)11;10-5-3-4(7-1-6-3)8-2-9-5;3-1-2(4)5/h2-4,6-7H,5H2,1H3,(H,16,17,18,19);2-4H,5H2,1H3;2-4H,9H2,1H3,(H,10,11);1-2H,(H2,6,7,8,9,10);1H2. The Bertz CT molecular complexity index is 3210. The first-order valence-corrected chi connectivity index (χ1v) is 20.9. The van der Waals surface area contributed by atoms with Crippen LogP contribution in [0, 0.1) is 25.4 Å². The summed E-state index contributed by atoms with van der Waals surface area (Å²) in [5.41, 5.74) is 11.8. The average molecular weight is 951 g/mol. The fraction of sp³-hybridized carbons (Fsp3) is 0.150. The van der Waals surface area contributed by atoms with Crippen LogP contribution in [0.2, 0.25) is 0 Å². The van der Waals surface area contributed by atoms with Gasteiger partial charge in [-0.3, -0.25) is 4.79 Å². The van der Waals surface area contributed by atoms with Crippen molar-refractivity contribution in [2.45, 2.75) is 37.4 Å². The number of carboxylic acids is 1. The zero-order valence-corrected chi connectivity index (χ0v) is 37.1. The van der Waals surface area contributed by atoms with Crippen LogP contribution in [-0.2, 0) is 16.4 Å². The molecule has 0 saturated carbocycles. The number of carbonyl (C=O) groups excluding carboxylic acids is 1. The fourth-order valence-electron chi connectivity index (χ4n) is 5.52. The molecule has 324 valence electrons. The monoisotopic (exact) mass is 949 g/mol. The minimum absolute atomic E-state index is 0.0957. The first-order valence-electron chi connectivity index (χ1n) is 18.0. The van der Waals surface area contributed by atoms with Crippen molar-refractivity contribution < 1.29 is 23.5 Å². The van der Waals surface area contributed by atoms with Crippen molar-refractivity contribution in [2.75, 3.05) is 11.6 Å². The van der Waals surface area contributed by atoms with E-state index in [9.17, 15) is 19.2 Å². The highest BCUT2D eigenvalue weighted by molar-refractivity contribution is 7.98. The Labute approximate surface area is 379 Å².